The summed E-state index contributed by atoms with van der Waals surface area (Å²) in [5, 5.41) is 0.893. The maximum atomic E-state index is 13.8. The standard InChI is InChI=1S/C24H26N2O2/c1-15(2)26(16(3)4)24(27)21-18-12-8-9-13-19(18)25-23(22(21)20-14-28-20)17-10-6-5-7-11-17/h5-13,15-16,20H,14H2,1-4H3. The van der Waals surface area contributed by atoms with Crippen molar-refractivity contribution in [2.24, 2.45) is 0 Å². The van der Waals surface area contributed by atoms with Gasteiger partial charge in [0.1, 0.15) is 6.10 Å². The third-order valence-corrected chi connectivity index (χ3v) is 5.19. The van der Waals surface area contributed by atoms with Crippen LogP contribution in [0.3, 0.4) is 0 Å². The molecule has 0 N–H and O–H groups in total. The lowest BCUT2D eigenvalue weighted by atomic mass is 9.93. The van der Waals surface area contributed by atoms with Crippen LogP contribution in [0, 0.1) is 0 Å². The minimum atomic E-state index is -0.0764. The van der Waals surface area contributed by atoms with Crippen molar-refractivity contribution in [2.45, 2.75) is 45.9 Å². The van der Waals surface area contributed by atoms with Crippen LogP contribution in [0.4, 0.5) is 0 Å². The summed E-state index contributed by atoms with van der Waals surface area (Å²) >= 11 is 0. The molecule has 1 fully saturated rings. The van der Waals surface area contributed by atoms with Gasteiger partial charge in [-0.2, -0.15) is 0 Å². The van der Waals surface area contributed by atoms with Crippen LogP contribution in [0.1, 0.15) is 49.7 Å². The Balaban J connectivity index is 2.03. The summed E-state index contributed by atoms with van der Waals surface area (Å²) in [4.78, 5) is 20.7. The van der Waals surface area contributed by atoms with Gasteiger partial charge in [0.25, 0.3) is 5.91 Å². The molecule has 0 radical (unpaired) electrons. The monoisotopic (exact) mass is 374 g/mol. The second-order valence-corrected chi connectivity index (χ2v) is 7.85. The van der Waals surface area contributed by atoms with Gasteiger partial charge in [0.15, 0.2) is 0 Å². The number of ether oxygens (including phenoxy) is 1. The van der Waals surface area contributed by atoms with Gasteiger partial charge in [-0.05, 0) is 33.8 Å². The zero-order valence-corrected chi connectivity index (χ0v) is 16.8. The predicted molar refractivity (Wildman–Crippen MR) is 112 cm³/mol. The highest BCUT2D eigenvalue weighted by molar-refractivity contribution is 6.09. The number of epoxide rings is 1. The van der Waals surface area contributed by atoms with Crippen LogP contribution in [0.2, 0.25) is 0 Å². The van der Waals surface area contributed by atoms with Crippen LogP contribution < -0.4 is 0 Å². The number of carbonyl (C=O) groups excluding carboxylic acids is 1. The molecule has 2 aromatic carbocycles. The number of amides is 1. The van der Waals surface area contributed by atoms with Crippen molar-refractivity contribution in [3.63, 3.8) is 0 Å². The first kappa shape index (κ1) is 18.6. The fourth-order valence-electron chi connectivity index (χ4n) is 4.00. The van der Waals surface area contributed by atoms with Crippen molar-refractivity contribution >= 4 is 16.8 Å². The second-order valence-electron chi connectivity index (χ2n) is 7.85. The number of para-hydroxylation sites is 1. The highest BCUT2D eigenvalue weighted by atomic mass is 16.6. The van der Waals surface area contributed by atoms with E-state index in [9.17, 15) is 4.79 Å². The molecule has 0 spiro atoms. The molecule has 28 heavy (non-hydrogen) atoms. The first-order valence-corrected chi connectivity index (χ1v) is 9.91. The fraction of sp³-hybridized carbons (Fsp3) is 0.333. The second kappa shape index (κ2) is 7.36. The van der Waals surface area contributed by atoms with Gasteiger partial charge in [-0.1, -0.05) is 48.5 Å². The lowest BCUT2D eigenvalue weighted by molar-refractivity contribution is 0.0644. The van der Waals surface area contributed by atoms with Crippen molar-refractivity contribution < 1.29 is 9.53 Å². The quantitative estimate of drug-likeness (QED) is 0.574. The van der Waals surface area contributed by atoms with Gasteiger partial charge < -0.3 is 9.64 Å². The fourth-order valence-corrected chi connectivity index (χ4v) is 4.00. The molecule has 1 atom stereocenters. The number of hydrogen-bond acceptors (Lipinski definition) is 3. The first-order chi connectivity index (χ1) is 13.5. The summed E-state index contributed by atoms with van der Waals surface area (Å²) < 4.78 is 5.69. The molecule has 0 bridgehead atoms. The predicted octanol–water partition coefficient (Wildman–Crippen LogP) is 5.23. The Hall–Kier alpha value is -2.72. The molecule has 0 saturated carbocycles. The largest absolute Gasteiger partial charge is 0.368 e. The number of pyridine rings is 1. The van der Waals surface area contributed by atoms with Crippen molar-refractivity contribution in [3.05, 3.63) is 65.7 Å². The molecule has 4 rings (SSSR count). The minimum Gasteiger partial charge on any atom is -0.368 e. The molecule has 4 nitrogen and oxygen atoms in total. The van der Waals surface area contributed by atoms with Crippen molar-refractivity contribution in [3.8, 4) is 11.3 Å². The Labute approximate surface area is 166 Å². The molecule has 3 aromatic rings. The van der Waals surface area contributed by atoms with Gasteiger partial charge in [0.05, 0.1) is 23.4 Å². The molecule has 2 heterocycles. The smallest absolute Gasteiger partial charge is 0.255 e. The van der Waals surface area contributed by atoms with Crippen molar-refractivity contribution in [2.75, 3.05) is 6.61 Å². The minimum absolute atomic E-state index is 0.0475. The zero-order chi connectivity index (χ0) is 19.8. The topological polar surface area (TPSA) is 45.7 Å². The third-order valence-electron chi connectivity index (χ3n) is 5.19. The van der Waals surface area contributed by atoms with Gasteiger partial charge >= 0.3 is 0 Å². The zero-order valence-electron chi connectivity index (χ0n) is 16.8. The highest BCUT2D eigenvalue weighted by Gasteiger charge is 2.36. The first-order valence-electron chi connectivity index (χ1n) is 9.91. The Morgan fingerprint density at radius 3 is 2.21 bits per heavy atom. The molecule has 1 aromatic heterocycles. The van der Waals surface area contributed by atoms with Gasteiger partial charge in [-0.25, -0.2) is 4.98 Å². The molecule has 1 unspecified atom stereocenters. The van der Waals surface area contributed by atoms with E-state index in [4.69, 9.17) is 9.72 Å². The number of rotatable bonds is 5. The van der Waals surface area contributed by atoms with Crippen LogP contribution in [0.15, 0.2) is 54.6 Å². The van der Waals surface area contributed by atoms with E-state index in [1.54, 1.807) is 0 Å². The van der Waals surface area contributed by atoms with Crippen molar-refractivity contribution in [1.29, 1.82) is 0 Å². The molecular formula is C24H26N2O2. The Kier molecular flexibility index (Phi) is 4.90. The summed E-state index contributed by atoms with van der Waals surface area (Å²) in [7, 11) is 0. The summed E-state index contributed by atoms with van der Waals surface area (Å²) in [5.74, 6) is 0.0475. The van der Waals surface area contributed by atoms with Crippen LogP contribution in [-0.2, 0) is 4.74 Å². The molecule has 0 aliphatic carbocycles. The van der Waals surface area contributed by atoms with E-state index < -0.39 is 0 Å². The Morgan fingerprint density at radius 2 is 1.61 bits per heavy atom. The van der Waals surface area contributed by atoms with E-state index in [2.05, 4.69) is 27.7 Å². The number of hydrogen-bond donors (Lipinski definition) is 0. The molecule has 1 aliphatic rings. The van der Waals surface area contributed by atoms with Gasteiger partial charge in [0, 0.05) is 28.6 Å². The lowest BCUT2D eigenvalue weighted by Gasteiger charge is -2.32. The van der Waals surface area contributed by atoms with Gasteiger partial charge in [-0.3, -0.25) is 4.79 Å². The average molecular weight is 374 g/mol. The molecule has 1 saturated heterocycles. The lowest BCUT2D eigenvalue weighted by Crippen LogP contribution is -2.42. The number of fused-ring (bicyclic) bond motifs is 1. The molecule has 144 valence electrons. The summed E-state index contributed by atoms with van der Waals surface area (Å²) in [6, 6.07) is 18.2. The number of benzene rings is 2. The maximum Gasteiger partial charge on any atom is 0.255 e. The van der Waals surface area contributed by atoms with Crippen LogP contribution in [0.5, 0.6) is 0 Å². The van der Waals surface area contributed by atoms with Gasteiger partial charge in [-0.15, -0.1) is 0 Å². The average Bonchev–Trinajstić information content (AvgIpc) is 3.51. The molecule has 1 aliphatic heterocycles. The number of carbonyl (C=O) groups is 1. The Bertz CT molecular complexity index is 1000. The number of nitrogens with zero attached hydrogens (tertiary/aromatic N) is 2. The highest BCUT2D eigenvalue weighted by Crippen LogP contribution is 2.41. The van der Waals surface area contributed by atoms with Crippen LogP contribution in [-0.4, -0.2) is 34.5 Å². The third kappa shape index (κ3) is 3.29. The number of aromatic nitrogens is 1. The molecule has 1 amide bonds. The van der Waals surface area contributed by atoms with Crippen LogP contribution in [0.25, 0.3) is 22.2 Å². The maximum absolute atomic E-state index is 13.8. The van der Waals surface area contributed by atoms with E-state index in [0.717, 1.165) is 33.3 Å². The van der Waals surface area contributed by atoms with E-state index >= 15 is 0 Å². The van der Waals surface area contributed by atoms with E-state index in [1.807, 2.05) is 59.5 Å². The van der Waals surface area contributed by atoms with E-state index in [1.165, 1.54) is 0 Å². The molecular weight excluding hydrogens is 348 g/mol. The summed E-state index contributed by atoms with van der Waals surface area (Å²) in [6.45, 7) is 8.88. The summed E-state index contributed by atoms with van der Waals surface area (Å²) in [5.41, 5.74) is 4.34. The summed E-state index contributed by atoms with van der Waals surface area (Å²) in [6.07, 6.45) is -0.0764. The molecule has 4 heteroatoms. The van der Waals surface area contributed by atoms with Gasteiger partial charge in [0.2, 0.25) is 0 Å². The normalized spacial score (nSPS) is 16.0. The SMILES string of the molecule is CC(C)N(C(=O)c1c(C2CO2)c(-c2ccccc2)nc2ccccc12)C(C)C. The van der Waals surface area contributed by atoms with E-state index in [0.29, 0.717) is 6.61 Å². The Morgan fingerprint density at radius 1 is 1.00 bits per heavy atom. The van der Waals surface area contributed by atoms with Crippen molar-refractivity contribution in [1.82, 2.24) is 9.88 Å². The van der Waals surface area contributed by atoms with E-state index in [-0.39, 0.29) is 24.1 Å². The van der Waals surface area contributed by atoms with Crippen LogP contribution >= 0.6 is 0 Å².